The van der Waals surface area contributed by atoms with Crippen LogP contribution in [0.25, 0.3) is 0 Å². The van der Waals surface area contributed by atoms with Gasteiger partial charge in [-0.2, -0.15) is 0 Å². The first-order chi connectivity index (χ1) is 5.52. The minimum absolute atomic E-state index is 1.13. The van der Waals surface area contributed by atoms with Gasteiger partial charge in [0.25, 0.3) is 7.59 Å². The van der Waals surface area contributed by atoms with Crippen molar-refractivity contribution in [2.45, 2.75) is 0 Å². The topological polar surface area (TPSA) is 84.8 Å². The second-order valence-electron chi connectivity index (χ2n) is 2.24. The van der Waals surface area contributed by atoms with Crippen molar-refractivity contribution in [2.24, 2.45) is 11.0 Å². The van der Waals surface area contributed by atoms with Crippen LogP contribution in [0.15, 0.2) is 24.6 Å². The Kier molecular flexibility index (Phi) is 2.54. The highest BCUT2D eigenvalue weighted by Gasteiger charge is 2.22. The summed E-state index contributed by atoms with van der Waals surface area (Å²) in [4.78, 5) is 4.93. The molecule has 0 radical (unpaired) electrons. The highest BCUT2D eigenvalue weighted by Crippen LogP contribution is 2.31. The molecule has 7 heteroatoms. The van der Waals surface area contributed by atoms with Gasteiger partial charge in [-0.05, 0) is 12.2 Å². The number of hydrogen-bond acceptors (Lipinski definition) is 3. The van der Waals surface area contributed by atoms with Crippen LogP contribution in [0.3, 0.4) is 0 Å². The van der Waals surface area contributed by atoms with Crippen molar-refractivity contribution >= 4 is 7.59 Å². The molecule has 0 atom stereocenters. The number of hydrogen-bond donors (Lipinski definition) is 2. The van der Waals surface area contributed by atoms with Crippen LogP contribution >= 0.6 is 7.59 Å². The van der Waals surface area contributed by atoms with Crippen LogP contribution in [0, 0.1) is 0 Å². The van der Waals surface area contributed by atoms with Crippen LogP contribution in [0.1, 0.15) is 0 Å². The maximum Gasteiger partial charge on any atom is 0.296 e. The molecule has 1 aliphatic heterocycles. The average molecular weight is 190 g/mol. The summed E-state index contributed by atoms with van der Waals surface area (Å²) >= 11 is 0. The predicted octanol–water partition coefficient (Wildman–Crippen LogP) is 0.133. The van der Waals surface area contributed by atoms with Crippen LogP contribution in [0.5, 0.6) is 0 Å². The Hall–Kier alpha value is -0.810. The summed E-state index contributed by atoms with van der Waals surface area (Å²) in [6.45, 7) is 0. The van der Waals surface area contributed by atoms with Gasteiger partial charge in [0.2, 0.25) is 0 Å². The molecular formula is C5H11N4O2P. The van der Waals surface area contributed by atoms with Gasteiger partial charge in [0.1, 0.15) is 6.26 Å². The second kappa shape index (κ2) is 3.28. The van der Waals surface area contributed by atoms with Gasteiger partial charge in [-0.25, -0.2) is 0 Å². The molecule has 0 saturated heterocycles. The number of hydrazine groups is 1. The monoisotopic (exact) mass is 190 g/mol. The van der Waals surface area contributed by atoms with E-state index in [2.05, 4.69) is 0 Å². The summed E-state index contributed by atoms with van der Waals surface area (Å²) in [6, 6.07) is 0. The van der Waals surface area contributed by atoms with Crippen LogP contribution in [-0.4, -0.2) is 17.0 Å². The Morgan fingerprint density at radius 3 is 2.58 bits per heavy atom. The third-order valence-corrected chi connectivity index (χ3v) is 2.39. The summed E-state index contributed by atoms with van der Waals surface area (Å²) in [5.41, 5.74) is 10.4. The summed E-state index contributed by atoms with van der Waals surface area (Å²) in [5.74, 6) is 0. The summed E-state index contributed by atoms with van der Waals surface area (Å²) in [6.07, 6.45) is 6.36. The zero-order valence-corrected chi connectivity index (χ0v) is 7.52. The summed E-state index contributed by atoms with van der Waals surface area (Å²) in [7, 11) is -1.80. The summed E-state index contributed by atoms with van der Waals surface area (Å²) in [5, 5.41) is 1.20. The Balaban J connectivity index is 2.66. The lowest BCUT2D eigenvalue weighted by Gasteiger charge is -2.30. The molecule has 68 valence electrons. The largest absolute Gasteiger partial charge is 0.372 e. The van der Waals surface area contributed by atoms with Gasteiger partial charge >= 0.3 is 0 Å². The molecule has 12 heavy (non-hydrogen) atoms. The Morgan fingerprint density at radius 2 is 2.17 bits per heavy atom. The van der Waals surface area contributed by atoms with E-state index in [-0.39, 0.29) is 0 Å². The third-order valence-electron chi connectivity index (χ3n) is 1.31. The number of rotatable bonds is 2. The number of hydroxylamine groups is 1. The molecule has 0 unspecified atom stereocenters. The molecule has 0 aromatic carbocycles. The molecular weight excluding hydrogens is 179 g/mol. The Morgan fingerprint density at radius 1 is 1.50 bits per heavy atom. The molecule has 1 rings (SSSR count). The first-order valence-electron chi connectivity index (χ1n) is 3.22. The molecule has 4 N–H and O–H groups in total. The number of nitrogens with two attached hydrogens (primary N) is 2. The van der Waals surface area contributed by atoms with E-state index in [1.165, 1.54) is 18.5 Å². The molecule has 1 heterocycles. The summed E-state index contributed by atoms with van der Waals surface area (Å²) < 4.78 is 12.2. The van der Waals surface area contributed by atoms with Gasteiger partial charge in [-0.1, -0.05) is 0 Å². The van der Waals surface area contributed by atoms with Gasteiger partial charge in [0, 0.05) is 7.05 Å². The highest BCUT2D eigenvalue weighted by atomic mass is 31.2. The van der Waals surface area contributed by atoms with Gasteiger partial charge in [-0.3, -0.25) is 15.6 Å². The number of nitrogens with zero attached hydrogens (tertiary/aromatic N) is 2. The van der Waals surface area contributed by atoms with E-state index >= 15 is 0 Å². The van der Waals surface area contributed by atoms with Crippen LogP contribution in [0.4, 0.5) is 0 Å². The molecule has 0 amide bonds. The normalized spacial score (nSPS) is 16.8. The predicted molar refractivity (Wildman–Crippen MR) is 44.9 cm³/mol. The first kappa shape index (κ1) is 9.28. The molecule has 0 spiro atoms. The van der Waals surface area contributed by atoms with Crippen molar-refractivity contribution in [1.29, 1.82) is 0 Å². The van der Waals surface area contributed by atoms with Crippen LogP contribution < -0.4 is 11.0 Å². The standard InChI is InChI=1S/C5H11N4O2P/c1-8(12(6,7)10)9-4-2-3-5-11-9/h2-5H,1H3,(H4,6,7,10). The van der Waals surface area contributed by atoms with Gasteiger partial charge in [0.15, 0.2) is 0 Å². The van der Waals surface area contributed by atoms with Crippen LogP contribution in [0.2, 0.25) is 0 Å². The smallest absolute Gasteiger partial charge is 0.296 e. The molecule has 0 saturated carbocycles. The average Bonchev–Trinajstić information content (AvgIpc) is 2.03. The number of allylic oxidation sites excluding steroid dienone is 2. The van der Waals surface area contributed by atoms with Crippen molar-refractivity contribution in [1.82, 2.24) is 9.95 Å². The quantitative estimate of drug-likeness (QED) is 0.602. The van der Waals surface area contributed by atoms with Crippen molar-refractivity contribution < 1.29 is 9.40 Å². The lowest BCUT2D eigenvalue weighted by molar-refractivity contribution is -0.162. The maximum absolute atomic E-state index is 11.1. The zero-order chi connectivity index (χ0) is 9.19. The fourth-order valence-corrected chi connectivity index (χ4v) is 0.981. The van der Waals surface area contributed by atoms with E-state index in [0.29, 0.717) is 0 Å². The van der Waals surface area contributed by atoms with Gasteiger partial charge in [-0.15, -0.1) is 9.95 Å². The second-order valence-corrected chi connectivity index (χ2v) is 4.16. The van der Waals surface area contributed by atoms with Gasteiger partial charge in [0.05, 0.1) is 6.20 Å². The Bertz CT molecular complexity index is 258. The lowest BCUT2D eigenvalue weighted by atomic mass is 10.6. The van der Waals surface area contributed by atoms with E-state index in [0.717, 1.165) is 4.78 Å². The van der Waals surface area contributed by atoms with Gasteiger partial charge < -0.3 is 4.84 Å². The first-order valence-corrected chi connectivity index (χ1v) is 5.02. The molecule has 0 fully saturated rings. The van der Waals surface area contributed by atoms with Crippen molar-refractivity contribution in [3.8, 4) is 0 Å². The highest BCUT2D eigenvalue weighted by molar-refractivity contribution is 7.56. The molecule has 0 aliphatic carbocycles. The molecule has 0 aromatic heterocycles. The zero-order valence-electron chi connectivity index (χ0n) is 6.62. The SMILES string of the molecule is CN(N1C=CC=CO1)P(N)(N)=O. The lowest BCUT2D eigenvalue weighted by Crippen LogP contribution is -2.37. The Labute approximate surface area is 70.5 Å². The molecule has 1 aliphatic rings. The van der Waals surface area contributed by atoms with Crippen molar-refractivity contribution in [3.05, 3.63) is 24.6 Å². The fourth-order valence-electron chi connectivity index (χ4n) is 0.604. The maximum atomic E-state index is 11.1. The molecule has 0 bridgehead atoms. The minimum Gasteiger partial charge on any atom is -0.372 e. The van der Waals surface area contributed by atoms with E-state index in [1.54, 1.807) is 18.4 Å². The third kappa shape index (κ3) is 2.09. The van der Waals surface area contributed by atoms with E-state index in [1.807, 2.05) is 0 Å². The van der Waals surface area contributed by atoms with E-state index < -0.39 is 7.59 Å². The fraction of sp³-hybridized carbons (Fsp3) is 0.200. The van der Waals surface area contributed by atoms with E-state index in [4.69, 9.17) is 15.8 Å². The van der Waals surface area contributed by atoms with E-state index in [9.17, 15) is 4.57 Å². The van der Waals surface area contributed by atoms with Crippen molar-refractivity contribution in [2.75, 3.05) is 7.05 Å². The minimum atomic E-state index is -3.28. The van der Waals surface area contributed by atoms with Crippen LogP contribution in [-0.2, 0) is 9.40 Å². The molecule has 0 aromatic rings. The van der Waals surface area contributed by atoms with Crippen molar-refractivity contribution in [3.63, 3.8) is 0 Å². The molecule has 6 nitrogen and oxygen atoms in total.